The fourth-order valence-corrected chi connectivity index (χ4v) is 2.71. The lowest BCUT2D eigenvalue weighted by Gasteiger charge is -2.12. The molecule has 0 amide bonds. The molecule has 24 heavy (non-hydrogen) atoms. The summed E-state index contributed by atoms with van der Waals surface area (Å²) in [5, 5.41) is 3.73. The highest BCUT2D eigenvalue weighted by Gasteiger charge is 2.15. The smallest absolute Gasteiger partial charge is 0.165 e. The molecule has 1 N–H and O–H groups in total. The summed E-state index contributed by atoms with van der Waals surface area (Å²) in [5.74, 6) is 1.22. The number of hydrogen-bond acceptors (Lipinski definition) is 5. The van der Waals surface area contributed by atoms with E-state index in [1.54, 1.807) is 24.3 Å². The molecule has 1 aliphatic rings. The van der Waals surface area contributed by atoms with Crippen molar-refractivity contribution in [2.45, 2.75) is 6.42 Å². The van der Waals surface area contributed by atoms with Gasteiger partial charge in [-0.15, -0.1) is 0 Å². The SMILES string of the molecule is Fc1c(Cl)cccc1Nc1ncnc2cc3c(cc12)OCCCO3. The summed E-state index contributed by atoms with van der Waals surface area (Å²) in [4.78, 5) is 8.47. The van der Waals surface area contributed by atoms with Crippen molar-refractivity contribution in [3.63, 3.8) is 0 Å². The quantitative estimate of drug-likeness (QED) is 0.749. The monoisotopic (exact) mass is 345 g/mol. The number of nitrogens with zero attached hydrogens (tertiary/aromatic N) is 2. The molecule has 0 atom stereocenters. The van der Waals surface area contributed by atoms with Crippen LogP contribution in [0.1, 0.15) is 6.42 Å². The zero-order valence-electron chi connectivity index (χ0n) is 12.6. The molecule has 4 rings (SSSR count). The molecule has 0 saturated heterocycles. The van der Waals surface area contributed by atoms with Crippen LogP contribution < -0.4 is 14.8 Å². The van der Waals surface area contributed by atoms with Gasteiger partial charge in [-0.25, -0.2) is 14.4 Å². The molecule has 0 saturated carbocycles. The van der Waals surface area contributed by atoms with Gasteiger partial charge in [0, 0.05) is 17.9 Å². The van der Waals surface area contributed by atoms with Crippen molar-refractivity contribution in [2.24, 2.45) is 0 Å². The highest BCUT2D eigenvalue weighted by molar-refractivity contribution is 6.31. The van der Waals surface area contributed by atoms with Crippen molar-refractivity contribution < 1.29 is 13.9 Å². The third-order valence-electron chi connectivity index (χ3n) is 3.71. The van der Waals surface area contributed by atoms with Crippen molar-refractivity contribution >= 4 is 34.0 Å². The fourth-order valence-electron chi connectivity index (χ4n) is 2.54. The van der Waals surface area contributed by atoms with Crippen LogP contribution in [-0.4, -0.2) is 23.2 Å². The molecule has 0 bridgehead atoms. The average molecular weight is 346 g/mol. The maximum atomic E-state index is 14.1. The van der Waals surface area contributed by atoms with E-state index in [0.29, 0.717) is 41.4 Å². The summed E-state index contributed by atoms with van der Waals surface area (Å²) >= 11 is 5.83. The molecule has 0 fully saturated rings. The van der Waals surface area contributed by atoms with Gasteiger partial charge in [-0.3, -0.25) is 0 Å². The lowest BCUT2D eigenvalue weighted by Crippen LogP contribution is -1.99. The number of nitrogens with one attached hydrogen (secondary N) is 1. The maximum absolute atomic E-state index is 14.1. The molecular formula is C17H13ClFN3O2. The Kier molecular flexibility index (Phi) is 3.82. The molecule has 2 heterocycles. The van der Waals surface area contributed by atoms with E-state index < -0.39 is 5.82 Å². The van der Waals surface area contributed by atoms with Crippen molar-refractivity contribution in [3.8, 4) is 11.5 Å². The first-order valence-electron chi connectivity index (χ1n) is 7.48. The van der Waals surface area contributed by atoms with Gasteiger partial charge in [0.25, 0.3) is 0 Å². The van der Waals surface area contributed by atoms with Crippen LogP contribution in [0.4, 0.5) is 15.9 Å². The Bertz CT molecular complexity index is 920. The molecule has 0 radical (unpaired) electrons. The Hall–Kier alpha value is -2.60. The van der Waals surface area contributed by atoms with E-state index in [1.165, 1.54) is 12.4 Å². The summed E-state index contributed by atoms with van der Waals surface area (Å²) in [7, 11) is 0. The minimum atomic E-state index is -0.528. The van der Waals surface area contributed by atoms with Gasteiger partial charge >= 0.3 is 0 Å². The van der Waals surface area contributed by atoms with Crippen molar-refractivity contribution in [3.05, 3.63) is 47.5 Å². The van der Waals surface area contributed by atoms with Crippen molar-refractivity contribution in [2.75, 3.05) is 18.5 Å². The van der Waals surface area contributed by atoms with Gasteiger partial charge in [-0.05, 0) is 18.2 Å². The summed E-state index contributed by atoms with van der Waals surface area (Å²) in [6.45, 7) is 1.18. The predicted molar refractivity (Wildman–Crippen MR) is 89.8 cm³/mol. The second-order valence-electron chi connectivity index (χ2n) is 5.32. The van der Waals surface area contributed by atoms with Crippen LogP contribution >= 0.6 is 11.6 Å². The van der Waals surface area contributed by atoms with Gasteiger partial charge in [-0.2, -0.15) is 0 Å². The zero-order valence-corrected chi connectivity index (χ0v) is 13.3. The third-order valence-corrected chi connectivity index (χ3v) is 4.00. The normalized spacial score (nSPS) is 13.6. The third kappa shape index (κ3) is 2.69. The van der Waals surface area contributed by atoms with E-state index in [0.717, 1.165) is 6.42 Å². The number of hydrogen-bond donors (Lipinski definition) is 1. The first-order chi connectivity index (χ1) is 11.7. The van der Waals surface area contributed by atoms with Crippen LogP contribution in [0, 0.1) is 5.82 Å². The van der Waals surface area contributed by atoms with E-state index in [4.69, 9.17) is 21.1 Å². The molecule has 7 heteroatoms. The number of fused-ring (bicyclic) bond motifs is 2. The molecule has 2 aromatic carbocycles. The molecule has 122 valence electrons. The lowest BCUT2D eigenvalue weighted by molar-refractivity contribution is 0.297. The van der Waals surface area contributed by atoms with Crippen LogP contribution in [0.3, 0.4) is 0 Å². The minimum absolute atomic E-state index is 0.0453. The Morgan fingerprint density at radius 3 is 2.71 bits per heavy atom. The van der Waals surface area contributed by atoms with Crippen LogP contribution in [0.2, 0.25) is 5.02 Å². The van der Waals surface area contributed by atoms with Crippen LogP contribution in [0.5, 0.6) is 11.5 Å². The van der Waals surface area contributed by atoms with Crippen LogP contribution in [0.15, 0.2) is 36.7 Å². The first-order valence-corrected chi connectivity index (χ1v) is 7.85. The van der Waals surface area contributed by atoms with Gasteiger partial charge in [0.15, 0.2) is 17.3 Å². The van der Waals surface area contributed by atoms with E-state index in [-0.39, 0.29) is 10.7 Å². The summed E-state index contributed by atoms with van der Waals surface area (Å²) in [6, 6.07) is 8.36. The van der Waals surface area contributed by atoms with E-state index in [2.05, 4.69) is 15.3 Å². The Labute approximate surface area is 142 Å². The molecule has 0 spiro atoms. The maximum Gasteiger partial charge on any atom is 0.165 e. The van der Waals surface area contributed by atoms with Gasteiger partial charge in [-0.1, -0.05) is 17.7 Å². The molecule has 1 aliphatic heterocycles. The second-order valence-corrected chi connectivity index (χ2v) is 5.72. The number of anilines is 2. The van der Waals surface area contributed by atoms with Gasteiger partial charge in [0.05, 0.1) is 29.4 Å². The van der Waals surface area contributed by atoms with E-state index >= 15 is 0 Å². The Morgan fingerprint density at radius 1 is 1.08 bits per heavy atom. The van der Waals surface area contributed by atoms with Gasteiger partial charge < -0.3 is 14.8 Å². The van der Waals surface area contributed by atoms with E-state index in [9.17, 15) is 4.39 Å². The number of benzene rings is 2. The number of rotatable bonds is 2. The summed E-state index contributed by atoms with van der Waals surface area (Å²) in [5.41, 5.74) is 0.925. The minimum Gasteiger partial charge on any atom is -0.490 e. The molecule has 0 unspecified atom stereocenters. The largest absolute Gasteiger partial charge is 0.490 e. The molecule has 5 nitrogen and oxygen atoms in total. The number of ether oxygens (including phenoxy) is 2. The molecule has 0 aliphatic carbocycles. The van der Waals surface area contributed by atoms with Crippen molar-refractivity contribution in [1.29, 1.82) is 0 Å². The van der Waals surface area contributed by atoms with Gasteiger partial charge in [0.1, 0.15) is 12.1 Å². The van der Waals surface area contributed by atoms with Crippen LogP contribution in [-0.2, 0) is 0 Å². The first kappa shape index (κ1) is 15.0. The van der Waals surface area contributed by atoms with Gasteiger partial charge in [0.2, 0.25) is 0 Å². The Balaban J connectivity index is 1.81. The number of aromatic nitrogens is 2. The summed E-state index contributed by atoms with van der Waals surface area (Å²) < 4.78 is 25.5. The van der Waals surface area contributed by atoms with E-state index in [1.807, 2.05) is 0 Å². The standard InChI is InChI=1S/C17H13ClFN3O2/c18-11-3-1-4-12(16(11)19)22-17-10-7-14-15(24-6-2-5-23-14)8-13(10)20-9-21-17/h1,3-4,7-9H,2,5-6H2,(H,20,21,22). The van der Waals surface area contributed by atoms with Crippen LogP contribution in [0.25, 0.3) is 10.9 Å². The predicted octanol–water partition coefficient (Wildman–Crippen LogP) is 4.33. The molecule has 3 aromatic rings. The molecule has 1 aromatic heterocycles. The fraction of sp³-hybridized carbons (Fsp3) is 0.176. The average Bonchev–Trinajstić information content (AvgIpc) is 2.82. The highest BCUT2D eigenvalue weighted by atomic mass is 35.5. The Morgan fingerprint density at radius 2 is 1.88 bits per heavy atom. The van der Waals surface area contributed by atoms with Crippen molar-refractivity contribution in [1.82, 2.24) is 9.97 Å². The zero-order chi connectivity index (χ0) is 16.5. The highest BCUT2D eigenvalue weighted by Crippen LogP contribution is 2.36. The molecular weight excluding hydrogens is 333 g/mol. The second kappa shape index (κ2) is 6.13. The number of halogens is 2. The summed E-state index contributed by atoms with van der Waals surface area (Å²) in [6.07, 6.45) is 2.23. The lowest BCUT2D eigenvalue weighted by atomic mass is 10.2. The topological polar surface area (TPSA) is 56.3 Å².